The van der Waals surface area contributed by atoms with Crippen LogP contribution in [0, 0.1) is 0 Å². The number of benzene rings is 1. The molecular weight excluding hydrogens is 188 g/mol. The van der Waals surface area contributed by atoms with Gasteiger partial charge >= 0.3 is 0 Å². The summed E-state index contributed by atoms with van der Waals surface area (Å²) in [5.41, 5.74) is 6.87. The van der Waals surface area contributed by atoms with Crippen LogP contribution in [-0.4, -0.2) is 29.1 Å². The zero-order valence-electron chi connectivity index (χ0n) is 9.06. The maximum atomic E-state index is 9.75. The van der Waals surface area contributed by atoms with Crippen molar-refractivity contribution in [3.05, 3.63) is 29.8 Å². The van der Waals surface area contributed by atoms with E-state index in [1.165, 1.54) is 0 Å². The minimum atomic E-state index is 0.250. The molecule has 0 aliphatic carbocycles. The van der Waals surface area contributed by atoms with Crippen LogP contribution in [0.15, 0.2) is 24.3 Å². The molecule has 0 saturated carbocycles. The van der Waals surface area contributed by atoms with Crippen molar-refractivity contribution < 1.29 is 5.11 Å². The van der Waals surface area contributed by atoms with E-state index in [4.69, 9.17) is 5.73 Å². The van der Waals surface area contributed by atoms with Gasteiger partial charge in [0.15, 0.2) is 0 Å². The molecule has 2 atom stereocenters. The molecule has 1 aliphatic heterocycles. The van der Waals surface area contributed by atoms with Crippen molar-refractivity contribution in [1.82, 2.24) is 4.90 Å². The van der Waals surface area contributed by atoms with Gasteiger partial charge in [0, 0.05) is 30.7 Å². The average Bonchev–Trinajstić information content (AvgIpc) is 2.65. The van der Waals surface area contributed by atoms with Gasteiger partial charge in [-0.2, -0.15) is 0 Å². The molecular formula is C12H18N2O. The molecule has 3 nitrogen and oxygen atoms in total. The predicted molar refractivity (Wildman–Crippen MR) is 60.7 cm³/mol. The van der Waals surface area contributed by atoms with Crippen molar-refractivity contribution >= 4 is 0 Å². The molecule has 3 N–H and O–H groups in total. The van der Waals surface area contributed by atoms with E-state index < -0.39 is 0 Å². The van der Waals surface area contributed by atoms with Gasteiger partial charge in [0.2, 0.25) is 0 Å². The van der Waals surface area contributed by atoms with Crippen molar-refractivity contribution in [2.24, 2.45) is 5.73 Å². The number of rotatable bonds is 2. The zero-order valence-corrected chi connectivity index (χ0v) is 9.06. The Balaban J connectivity index is 2.14. The van der Waals surface area contributed by atoms with E-state index in [2.05, 4.69) is 11.8 Å². The number of likely N-dealkylation sites (tertiary alicyclic amines) is 1. The Kier molecular flexibility index (Phi) is 2.93. The highest BCUT2D eigenvalue weighted by Crippen LogP contribution is 2.29. The van der Waals surface area contributed by atoms with Gasteiger partial charge in [-0.25, -0.2) is 0 Å². The molecule has 1 aromatic rings. The normalized spacial score (nSPS) is 24.3. The largest absolute Gasteiger partial charge is 0.508 e. The molecule has 1 aromatic carbocycles. The van der Waals surface area contributed by atoms with Crippen LogP contribution in [0.25, 0.3) is 0 Å². The Morgan fingerprint density at radius 2 is 2.20 bits per heavy atom. The molecule has 0 spiro atoms. The minimum Gasteiger partial charge on any atom is -0.508 e. The summed E-state index contributed by atoms with van der Waals surface area (Å²) in [5.74, 6) is 0.380. The van der Waals surface area contributed by atoms with Crippen molar-refractivity contribution in [1.29, 1.82) is 0 Å². The Morgan fingerprint density at radius 1 is 1.47 bits per heavy atom. The Morgan fingerprint density at radius 3 is 2.80 bits per heavy atom. The fraction of sp³-hybridized carbons (Fsp3) is 0.500. The van der Waals surface area contributed by atoms with E-state index in [1.807, 2.05) is 18.2 Å². The van der Waals surface area contributed by atoms with Crippen LogP contribution in [0.1, 0.15) is 24.9 Å². The van der Waals surface area contributed by atoms with Gasteiger partial charge in [0.1, 0.15) is 5.75 Å². The third-order valence-corrected chi connectivity index (χ3v) is 3.19. The second-order valence-electron chi connectivity index (χ2n) is 4.28. The zero-order chi connectivity index (χ0) is 10.8. The summed E-state index contributed by atoms with van der Waals surface area (Å²) in [6, 6.07) is 8.06. The minimum absolute atomic E-state index is 0.250. The maximum absolute atomic E-state index is 9.75. The van der Waals surface area contributed by atoms with Gasteiger partial charge in [-0.1, -0.05) is 18.2 Å². The van der Waals surface area contributed by atoms with Crippen LogP contribution in [0.5, 0.6) is 5.75 Å². The Bertz CT molecular complexity index is 340. The molecule has 0 aromatic heterocycles. The van der Waals surface area contributed by atoms with Crippen molar-refractivity contribution in [3.63, 3.8) is 0 Å². The summed E-state index contributed by atoms with van der Waals surface area (Å²) < 4.78 is 0. The second-order valence-corrected chi connectivity index (χ2v) is 4.28. The van der Waals surface area contributed by atoms with Crippen LogP contribution in [0.4, 0.5) is 0 Å². The van der Waals surface area contributed by atoms with Crippen LogP contribution in [0.3, 0.4) is 0 Å². The monoisotopic (exact) mass is 206 g/mol. The topological polar surface area (TPSA) is 49.5 Å². The maximum Gasteiger partial charge on any atom is 0.120 e. The molecule has 1 heterocycles. The first-order valence-corrected chi connectivity index (χ1v) is 5.46. The van der Waals surface area contributed by atoms with E-state index in [1.54, 1.807) is 6.07 Å². The Labute approximate surface area is 90.5 Å². The standard InChI is InChI=1S/C12H18N2O/c1-9(14-7-6-10(13)8-14)11-4-2-3-5-12(11)15/h2-5,9-10,15H,6-8,13H2,1H3. The summed E-state index contributed by atoms with van der Waals surface area (Å²) in [6.07, 6.45) is 1.05. The average molecular weight is 206 g/mol. The second kappa shape index (κ2) is 4.21. The number of para-hydroxylation sites is 1. The molecule has 2 rings (SSSR count). The summed E-state index contributed by atoms with van der Waals surface area (Å²) in [6.45, 7) is 4.07. The first-order chi connectivity index (χ1) is 7.18. The van der Waals surface area contributed by atoms with Gasteiger partial charge in [0.25, 0.3) is 0 Å². The number of hydrogen-bond donors (Lipinski definition) is 2. The van der Waals surface area contributed by atoms with E-state index in [9.17, 15) is 5.11 Å². The fourth-order valence-corrected chi connectivity index (χ4v) is 2.20. The van der Waals surface area contributed by atoms with E-state index in [0.29, 0.717) is 11.8 Å². The highest BCUT2D eigenvalue weighted by atomic mass is 16.3. The molecule has 0 bridgehead atoms. The first kappa shape index (κ1) is 10.5. The summed E-state index contributed by atoms with van der Waals surface area (Å²) >= 11 is 0. The van der Waals surface area contributed by atoms with Crippen molar-refractivity contribution in [3.8, 4) is 5.75 Å². The highest BCUT2D eigenvalue weighted by molar-refractivity contribution is 5.34. The number of aromatic hydroxyl groups is 1. The molecule has 3 heteroatoms. The lowest BCUT2D eigenvalue weighted by Gasteiger charge is -2.24. The molecule has 1 saturated heterocycles. The van der Waals surface area contributed by atoms with E-state index in [-0.39, 0.29) is 6.04 Å². The van der Waals surface area contributed by atoms with Gasteiger partial charge in [-0.15, -0.1) is 0 Å². The van der Waals surface area contributed by atoms with Gasteiger partial charge in [-0.3, -0.25) is 4.90 Å². The molecule has 1 fully saturated rings. The smallest absolute Gasteiger partial charge is 0.120 e. The van der Waals surface area contributed by atoms with Crippen LogP contribution < -0.4 is 5.73 Å². The number of phenolic OH excluding ortho intramolecular Hbond substituents is 1. The van der Waals surface area contributed by atoms with Gasteiger partial charge < -0.3 is 10.8 Å². The third kappa shape index (κ3) is 2.13. The number of hydrogen-bond acceptors (Lipinski definition) is 3. The summed E-state index contributed by atoms with van der Waals surface area (Å²) in [4.78, 5) is 2.32. The van der Waals surface area contributed by atoms with Crippen LogP contribution in [-0.2, 0) is 0 Å². The number of phenols is 1. The summed E-state index contributed by atoms with van der Waals surface area (Å²) in [5, 5.41) is 9.75. The molecule has 0 amide bonds. The van der Waals surface area contributed by atoms with Gasteiger partial charge in [-0.05, 0) is 19.4 Å². The lowest BCUT2D eigenvalue weighted by atomic mass is 10.1. The van der Waals surface area contributed by atoms with E-state index in [0.717, 1.165) is 25.1 Å². The van der Waals surface area contributed by atoms with Crippen LogP contribution in [0.2, 0.25) is 0 Å². The predicted octanol–water partition coefficient (Wildman–Crippen LogP) is 1.49. The van der Waals surface area contributed by atoms with Crippen molar-refractivity contribution in [2.45, 2.75) is 25.4 Å². The Hall–Kier alpha value is -1.06. The number of nitrogens with two attached hydrogens (primary N) is 1. The molecule has 82 valence electrons. The lowest BCUT2D eigenvalue weighted by molar-refractivity contribution is 0.254. The number of nitrogens with zero attached hydrogens (tertiary/aromatic N) is 1. The molecule has 0 radical (unpaired) electrons. The van der Waals surface area contributed by atoms with Crippen LogP contribution >= 0.6 is 0 Å². The fourth-order valence-electron chi connectivity index (χ4n) is 2.20. The first-order valence-electron chi connectivity index (χ1n) is 5.46. The van der Waals surface area contributed by atoms with Crippen molar-refractivity contribution in [2.75, 3.05) is 13.1 Å². The molecule has 1 aliphatic rings. The quantitative estimate of drug-likeness (QED) is 0.770. The summed E-state index contributed by atoms with van der Waals surface area (Å²) in [7, 11) is 0. The lowest BCUT2D eigenvalue weighted by Crippen LogP contribution is -2.28. The molecule has 15 heavy (non-hydrogen) atoms. The third-order valence-electron chi connectivity index (χ3n) is 3.19. The van der Waals surface area contributed by atoms with Gasteiger partial charge in [0.05, 0.1) is 0 Å². The SMILES string of the molecule is CC(c1ccccc1O)N1CCC(N)C1. The van der Waals surface area contributed by atoms with E-state index >= 15 is 0 Å². The molecule has 2 unspecified atom stereocenters. The highest BCUT2D eigenvalue weighted by Gasteiger charge is 2.25.